The number of carbonyl (C=O) groups excluding carboxylic acids is 2. The molecule has 1 heterocycles. The van der Waals surface area contributed by atoms with Gasteiger partial charge in [-0.05, 0) is 32.8 Å². The largest absolute Gasteiger partial charge is 0.445 e. The van der Waals surface area contributed by atoms with Crippen molar-refractivity contribution in [2.45, 2.75) is 51.5 Å². The number of alkyl carbamates (subject to hydrolysis) is 1. The Labute approximate surface area is 147 Å². The fourth-order valence-electron chi connectivity index (χ4n) is 2.67. The van der Waals surface area contributed by atoms with E-state index in [0.717, 1.165) is 5.56 Å². The Kier molecular flexibility index (Phi) is 6.25. The number of amides is 2. The molecule has 138 valence electrons. The second kappa shape index (κ2) is 8.20. The second-order valence-corrected chi connectivity index (χ2v) is 7.11. The molecule has 1 fully saturated rings. The molecule has 1 aliphatic heterocycles. The monoisotopic (exact) mass is 350 g/mol. The molecule has 0 radical (unpaired) electrons. The van der Waals surface area contributed by atoms with Gasteiger partial charge in [-0.2, -0.15) is 0 Å². The highest BCUT2D eigenvalue weighted by atomic mass is 16.6. The van der Waals surface area contributed by atoms with Crippen LogP contribution in [0, 0.1) is 0 Å². The van der Waals surface area contributed by atoms with Crippen LogP contribution in [0.15, 0.2) is 30.3 Å². The van der Waals surface area contributed by atoms with Crippen LogP contribution in [0.3, 0.4) is 0 Å². The highest BCUT2D eigenvalue weighted by Gasteiger charge is 2.37. The van der Waals surface area contributed by atoms with Crippen molar-refractivity contribution in [2.75, 3.05) is 13.2 Å². The molecular formula is C18H26N2O5. The van der Waals surface area contributed by atoms with Crippen molar-refractivity contribution < 1.29 is 24.2 Å². The van der Waals surface area contributed by atoms with E-state index in [2.05, 4.69) is 5.32 Å². The molecule has 2 N–H and O–H groups in total. The minimum absolute atomic E-state index is 0.179. The standard InChI is InChI=1S/C18H26N2O5/c1-18(2,3)25-17(23)20-10-14(9-15(20)11-21)19-16(22)24-12-13-7-5-4-6-8-13/h4-8,14-15,21H,9-12H2,1-3H3,(H,19,22)/t14-,15+/m1/s1. The summed E-state index contributed by atoms with van der Waals surface area (Å²) in [5, 5.41) is 12.2. The molecule has 1 aromatic carbocycles. The maximum atomic E-state index is 12.2. The van der Waals surface area contributed by atoms with Crippen LogP contribution >= 0.6 is 0 Å². The first kappa shape index (κ1) is 19.1. The first-order valence-electron chi connectivity index (χ1n) is 8.36. The van der Waals surface area contributed by atoms with Crippen LogP contribution in [-0.2, 0) is 16.1 Å². The number of aliphatic hydroxyl groups excluding tert-OH is 1. The van der Waals surface area contributed by atoms with Crippen molar-refractivity contribution >= 4 is 12.2 Å². The molecule has 1 saturated heterocycles. The SMILES string of the molecule is CC(C)(C)OC(=O)N1C[C@H](NC(=O)OCc2ccccc2)C[C@H]1CO. The minimum Gasteiger partial charge on any atom is -0.445 e. The van der Waals surface area contributed by atoms with E-state index in [1.165, 1.54) is 4.90 Å². The number of aliphatic hydroxyl groups is 1. The van der Waals surface area contributed by atoms with Crippen molar-refractivity contribution in [1.29, 1.82) is 0 Å². The van der Waals surface area contributed by atoms with Crippen molar-refractivity contribution in [1.82, 2.24) is 10.2 Å². The molecule has 0 bridgehead atoms. The van der Waals surface area contributed by atoms with Crippen LogP contribution in [0.1, 0.15) is 32.8 Å². The summed E-state index contributed by atoms with van der Waals surface area (Å²) in [5.74, 6) is 0. The smallest absolute Gasteiger partial charge is 0.410 e. The van der Waals surface area contributed by atoms with Gasteiger partial charge < -0.3 is 24.8 Å². The van der Waals surface area contributed by atoms with Gasteiger partial charge in [0.05, 0.1) is 18.7 Å². The number of nitrogens with one attached hydrogen (secondary N) is 1. The van der Waals surface area contributed by atoms with Crippen molar-refractivity contribution in [3.63, 3.8) is 0 Å². The molecule has 0 saturated carbocycles. The Morgan fingerprint density at radius 1 is 1.28 bits per heavy atom. The number of hydrogen-bond donors (Lipinski definition) is 2. The molecule has 7 heteroatoms. The third kappa shape index (κ3) is 5.94. The maximum Gasteiger partial charge on any atom is 0.410 e. The topological polar surface area (TPSA) is 88.1 Å². The average Bonchev–Trinajstić information content (AvgIpc) is 2.95. The molecule has 0 unspecified atom stereocenters. The molecule has 1 aliphatic rings. The maximum absolute atomic E-state index is 12.2. The van der Waals surface area contributed by atoms with E-state index in [9.17, 15) is 14.7 Å². The Hall–Kier alpha value is -2.28. The Balaban J connectivity index is 1.84. The second-order valence-electron chi connectivity index (χ2n) is 7.11. The van der Waals surface area contributed by atoms with Gasteiger partial charge in [-0.15, -0.1) is 0 Å². The lowest BCUT2D eigenvalue weighted by Gasteiger charge is -2.27. The predicted octanol–water partition coefficient (Wildman–Crippen LogP) is 2.28. The normalized spacial score (nSPS) is 20.2. The van der Waals surface area contributed by atoms with Gasteiger partial charge in [-0.25, -0.2) is 9.59 Å². The summed E-state index contributed by atoms with van der Waals surface area (Å²) in [4.78, 5) is 25.6. The fourth-order valence-corrected chi connectivity index (χ4v) is 2.67. The van der Waals surface area contributed by atoms with Gasteiger partial charge >= 0.3 is 12.2 Å². The van der Waals surface area contributed by atoms with E-state index < -0.39 is 17.8 Å². The van der Waals surface area contributed by atoms with Gasteiger partial charge in [0.2, 0.25) is 0 Å². The number of carbonyl (C=O) groups is 2. The van der Waals surface area contributed by atoms with E-state index in [-0.39, 0.29) is 31.8 Å². The van der Waals surface area contributed by atoms with Gasteiger partial charge in [0.15, 0.2) is 0 Å². The van der Waals surface area contributed by atoms with Crippen molar-refractivity contribution in [2.24, 2.45) is 0 Å². The highest BCUT2D eigenvalue weighted by molar-refractivity contribution is 5.70. The first-order chi connectivity index (χ1) is 11.8. The van der Waals surface area contributed by atoms with E-state index in [1.54, 1.807) is 20.8 Å². The Morgan fingerprint density at radius 2 is 1.96 bits per heavy atom. The van der Waals surface area contributed by atoms with Crippen molar-refractivity contribution in [3.05, 3.63) is 35.9 Å². The van der Waals surface area contributed by atoms with Gasteiger partial charge in [-0.3, -0.25) is 0 Å². The number of likely N-dealkylation sites (tertiary alicyclic amines) is 1. The fraction of sp³-hybridized carbons (Fsp3) is 0.556. The van der Waals surface area contributed by atoms with Gasteiger partial charge in [0.25, 0.3) is 0 Å². The summed E-state index contributed by atoms with van der Waals surface area (Å²) in [5.41, 5.74) is 0.282. The van der Waals surface area contributed by atoms with Crippen LogP contribution in [0.2, 0.25) is 0 Å². The molecule has 2 atom stereocenters. The first-order valence-corrected chi connectivity index (χ1v) is 8.36. The van der Waals surface area contributed by atoms with E-state index >= 15 is 0 Å². The number of ether oxygens (including phenoxy) is 2. The summed E-state index contributed by atoms with van der Waals surface area (Å²) in [6.45, 7) is 5.62. The third-order valence-corrected chi connectivity index (χ3v) is 3.79. The lowest BCUT2D eigenvalue weighted by molar-refractivity contribution is 0.0173. The lowest BCUT2D eigenvalue weighted by Crippen LogP contribution is -2.42. The number of rotatable bonds is 4. The van der Waals surface area contributed by atoms with E-state index in [0.29, 0.717) is 6.42 Å². The zero-order valence-corrected chi connectivity index (χ0v) is 14.9. The highest BCUT2D eigenvalue weighted by Crippen LogP contribution is 2.21. The third-order valence-electron chi connectivity index (χ3n) is 3.79. The lowest BCUT2D eigenvalue weighted by atomic mass is 10.2. The molecule has 2 amide bonds. The number of hydrogen-bond acceptors (Lipinski definition) is 5. The number of nitrogens with zero attached hydrogens (tertiary/aromatic N) is 1. The molecule has 0 aliphatic carbocycles. The van der Waals surface area contributed by atoms with Gasteiger partial charge in [0.1, 0.15) is 12.2 Å². The number of benzene rings is 1. The molecule has 25 heavy (non-hydrogen) atoms. The summed E-state index contributed by atoms with van der Waals surface area (Å²) < 4.78 is 10.5. The van der Waals surface area contributed by atoms with Crippen LogP contribution in [0.5, 0.6) is 0 Å². The van der Waals surface area contributed by atoms with Gasteiger partial charge in [0, 0.05) is 6.54 Å². The molecule has 0 spiro atoms. The van der Waals surface area contributed by atoms with Crippen LogP contribution in [0.25, 0.3) is 0 Å². The molecule has 7 nitrogen and oxygen atoms in total. The summed E-state index contributed by atoms with van der Waals surface area (Å²) in [6.07, 6.45) is -0.582. The average molecular weight is 350 g/mol. The van der Waals surface area contributed by atoms with Crippen LogP contribution in [0.4, 0.5) is 9.59 Å². The molecule has 1 aromatic rings. The van der Waals surface area contributed by atoms with Crippen molar-refractivity contribution in [3.8, 4) is 0 Å². The minimum atomic E-state index is -0.614. The molecule has 2 rings (SSSR count). The molecular weight excluding hydrogens is 324 g/mol. The van der Waals surface area contributed by atoms with E-state index in [4.69, 9.17) is 9.47 Å². The molecule has 0 aromatic heterocycles. The Morgan fingerprint density at radius 3 is 2.56 bits per heavy atom. The van der Waals surface area contributed by atoms with E-state index in [1.807, 2.05) is 30.3 Å². The Bertz CT molecular complexity index is 585. The zero-order chi connectivity index (χ0) is 18.4. The summed E-state index contributed by atoms with van der Waals surface area (Å²) >= 11 is 0. The summed E-state index contributed by atoms with van der Waals surface area (Å²) in [6, 6.07) is 8.71. The van der Waals surface area contributed by atoms with Crippen LogP contribution in [-0.4, -0.2) is 53.0 Å². The summed E-state index contributed by atoms with van der Waals surface area (Å²) in [7, 11) is 0. The van der Waals surface area contributed by atoms with Gasteiger partial charge in [-0.1, -0.05) is 30.3 Å². The quantitative estimate of drug-likeness (QED) is 0.870. The zero-order valence-electron chi connectivity index (χ0n) is 14.9. The van der Waals surface area contributed by atoms with Crippen LogP contribution < -0.4 is 5.32 Å². The predicted molar refractivity (Wildman–Crippen MR) is 92.0 cm³/mol.